The number of nitrogens with zero attached hydrogens (tertiary/aromatic N) is 5. The van der Waals surface area contributed by atoms with E-state index in [4.69, 9.17) is 5.10 Å². The molecular weight excluding hydrogens is 414 g/mol. The van der Waals surface area contributed by atoms with Crippen molar-refractivity contribution in [2.45, 2.75) is 45.3 Å². The van der Waals surface area contributed by atoms with Crippen LogP contribution in [0.15, 0.2) is 71.7 Å². The van der Waals surface area contributed by atoms with Crippen LogP contribution in [0, 0.1) is 0 Å². The van der Waals surface area contributed by atoms with Crippen LogP contribution >= 0.6 is 0 Å². The number of rotatable bonds is 6. The molecule has 170 valence electrons. The fourth-order valence-electron chi connectivity index (χ4n) is 4.83. The van der Waals surface area contributed by atoms with Crippen LogP contribution in [0.1, 0.15) is 37.1 Å². The number of para-hydroxylation sites is 1. The van der Waals surface area contributed by atoms with Crippen molar-refractivity contribution < 1.29 is 4.79 Å². The summed E-state index contributed by atoms with van der Waals surface area (Å²) >= 11 is 0. The van der Waals surface area contributed by atoms with Gasteiger partial charge in [-0.15, -0.1) is 0 Å². The number of fused-ring (bicyclic) bond motifs is 1. The Morgan fingerprint density at radius 2 is 1.73 bits per heavy atom. The van der Waals surface area contributed by atoms with Gasteiger partial charge in [0.25, 0.3) is 0 Å². The first kappa shape index (κ1) is 21.2. The third-order valence-corrected chi connectivity index (χ3v) is 6.64. The fourth-order valence-corrected chi connectivity index (χ4v) is 4.83. The molecule has 0 N–H and O–H groups in total. The first-order valence-corrected chi connectivity index (χ1v) is 11.7. The molecule has 4 aromatic rings. The molecule has 1 aliphatic rings. The number of piperidine rings is 1. The molecule has 0 aliphatic carbocycles. The zero-order valence-corrected chi connectivity index (χ0v) is 18.9. The summed E-state index contributed by atoms with van der Waals surface area (Å²) in [6, 6.07) is 20.1. The smallest absolute Gasteiger partial charge is 0.341 e. The van der Waals surface area contributed by atoms with E-state index in [-0.39, 0.29) is 17.5 Å². The molecule has 2 aromatic heterocycles. The zero-order valence-electron chi connectivity index (χ0n) is 18.9. The van der Waals surface area contributed by atoms with E-state index in [1.54, 1.807) is 9.25 Å². The largest absolute Gasteiger partial charge is 0.346 e. The predicted octanol–water partition coefficient (Wildman–Crippen LogP) is 3.47. The number of likely N-dealkylation sites (tertiary alicyclic amines) is 1. The zero-order chi connectivity index (χ0) is 22.8. The summed E-state index contributed by atoms with van der Waals surface area (Å²) in [5, 5.41) is 5.87. The Balaban J connectivity index is 1.26. The Labute approximate surface area is 192 Å². The molecule has 1 aliphatic heterocycles. The standard InChI is InChI=1S/C26H29N5O2/c1-2-30-25(27-31(26(30)33)18-20-8-4-3-5-9-20)22-13-15-28(16-14-22)24(32)19-29-17-12-21-10-6-7-11-23(21)29/h3-12,17,22H,2,13-16,18-19H2,1H3. The summed E-state index contributed by atoms with van der Waals surface area (Å²) in [6.07, 6.45) is 3.62. The highest BCUT2D eigenvalue weighted by molar-refractivity contribution is 5.83. The quantitative estimate of drug-likeness (QED) is 0.458. The number of hydrogen-bond donors (Lipinski definition) is 0. The van der Waals surface area contributed by atoms with Crippen LogP contribution in [-0.2, 0) is 24.4 Å². The molecule has 1 saturated heterocycles. The summed E-state index contributed by atoms with van der Waals surface area (Å²) in [5.74, 6) is 1.17. The number of carbonyl (C=O) groups is 1. The monoisotopic (exact) mass is 443 g/mol. The molecule has 0 spiro atoms. The van der Waals surface area contributed by atoms with E-state index in [2.05, 4.69) is 6.07 Å². The third kappa shape index (κ3) is 4.23. The number of aromatic nitrogens is 4. The molecule has 7 heteroatoms. The minimum atomic E-state index is -0.0608. The fraction of sp³-hybridized carbons (Fsp3) is 0.346. The van der Waals surface area contributed by atoms with Gasteiger partial charge in [0.2, 0.25) is 5.91 Å². The average molecular weight is 444 g/mol. The van der Waals surface area contributed by atoms with Gasteiger partial charge in [0.15, 0.2) is 0 Å². The average Bonchev–Trinajstić information content (AvgIpc) is 3.40. The summed E-state index contributed by atoms with van der Waals surface area (Å²) in [7, 11) is 0. The van der Waals surface area contributed by atoms with Gasteiger partial charge in [-0.1, -0.05) is 48.5 Å². The number of hydrogen-bond acceptors (Lipinski definition) is 3. The summed E-state index contributed by atoms with van der Waals surface area (Å²) in [4.78, 5) is 27.8. The molecule has 0 unspecified atom stereocenters. The topological polar surface area (TPSA) is 65.1 Å². The van der Waals surface area contributed by atoms with E-state index in [9.17, 15) is 9.59 Å². The van der Waals surface area contributed by atoms with Crippen molar-refractivity contribution >= 4 is 16.8 Å². The van der Waals surface area contributed by atoms with Crippen LogP contribution in [0.4, 0.5) is 0 Å². The summed E-state index contributed by atoms with van der Waals surface area (Å²) in [6.45, 7) is 4.78. The van der Waals surface area contributed by atoms with Crippen molar-refractivity contribution in [3.63, 3.8) is 0 Å². The second kappa shape index (κ2) is 9.10. The lowest BCUT2D eigenvalue weighted by atomic mass is 9.96. The first-order chi connectivity index (χ1) is 16.1. The molecular formula is C26H29N5O2. The van der Waals surface area contributed by atoms with E-state index in [0.717, 1.165) is 35.1 Å². The van der Waals surface area contributed by atoms with E-state index in [0.29, 0.717) is 32.7 Å². The lowest BCUT2D eigenvalue weighted by Crippen LogP contribution is -2.40. The van der Waals surface area contributed by atoms with Crippen LogP contribution in [0.2, 0.25) is 0 Å². The van der Waals surface area contributed by atoms with E-state index in [1.807, 2.05) is 77.2 Å². The maximum Gasteiger partial charge on any atom is 0.346 e. The molecule has 1 amide bonds. The van der Waals surface area contributed by atoms with Crippen LogP contribution in [0.5, 0.6) is 0 Å². The highest BCUT2D eigenvalue weighted by Gasteiger charge is 2.28. The van der Waals surface area contributed by atoms with Gasteiger partial charge >= 0.3 is 5.69 Å². The number of amides is 1. The van der Waals surface area contributed by atoms with Crippen LogP contribution in [0.3, 0.4) is 0 Å². The van der Waals surface area contributed by atoms with Crippen molar-refractivity contribution in [1.82, 2.24) is 23.8 Å². The summed E-state index contributed by atoms with van der Waals surface area (Å²) < 4.78 is 5.38. The van der Waals surface area contributed by atoms with Crippen LogP contribution in [-0.4, -0.2) is 42.8 Å². The third-order valence-electron chi connectivity index (χ3n) is 6.64. The Kier molecular flexibility index (Phi) is 5.86. The van der Waals surface area contributed by atoms with Gasteiger partial charge in [-0.3, -0.25) is 9.36 Å². The van der Waals surface area contributed by atoms with Gasteiger partial charge in [-0.25, -0.2) is 9.48 Å². The lowest BCUT2D eigenvalue weighted by molar-refractivity contribution is -0.132. The van der Waals surface area contributed by atoms with Gasteiger partial charge in [0.05, 0.1) is 6.54 Å². The Morgan fingerprint density at radius 3 is 2.48 bits per heavy atom. The van der Waals surface area contributed by atoms with Gasteiger partial charge in [-0.05, 0) is 42.8 Å². The Hall–Kier alpha value is -3.61. The molecule has 5 rings (SSSR count). The second-order valence-electron chi connectivity index (χ2n) is 8.69. The number of carbonyl (C=O) groups excluding carboxylic acids is 1. The predicted molar refractivity (Wildman–Crippen MR) is 128 cm³/mol. The van der Waals surface area contributed by atoms with Crippen molar-refractivity contribution in [1.29, 1.82) is 0 Å². The van der Waals surface area contributed by atoms with E-state index in [1.165, 1.54) is 0 Å². The van der Waals surface area contributed by atoms with E-state index < -0.39 is 0 Å². The van der Waals surface area contributed by atoms with Gasteiger partial charge in [-0.2, -0.15) is 5.10 Å². The molecule has 0 bridgehead atoms. The maximum absolute atomic E-state index is 13.0. The van der Waals surface area contributed by atoms with Gasteiger partial charge in [0.1, 0.15) is 12.4 Å². The number of benzene rings is 2. The summed E-state index contributed by atoms with van der Waals surface area (Å²) in [5.41, 5.74) is 2.08. The SMILES string of the molecule is CCn1c(C2CCN(C(=O)Cn3ccc4ccccc43)CC2)nn(Cc2ccccc2)c1=O. The molecule has 0 radical (unpaired) electrons. The first-order valence-electron chi connectivity index (χ1n) is 11.7. The minimum absolute atomic E-state index is 0.0608. The highest BCUT2D eigenvalue weighted by atomic mass is 16.2. The molecule has 2 aromatic carbocycles. The van der Waals surface area contributed by atoms with Crippen LogP contribution in [0.25, 0.3) is 10.9 Å². The Bertz CT molecular complexity index is 1310. The van der Waals surface area contributed by atoms with Crippen molar-refractivity contribution in [2.24, 2.45) is 0 Å². The minimum Gasteiger partial charge on any atom is -0.341 e. The highest BCUT2D eigenvalue weighted by Crippen LogP contribution is 2.27. The van der Waals surface area contributed by atoms with Gasteiger partial charge < -0.3 is 9.47 Å². The van der Waals surface area contributed by atoms with Crippen LogP contribution < -0.4 is 5.69 Å². The second-order valence-corrected chi connectivity index (χ2v) is 8.69. The molecule has 1 fully saturated rings. The van der Waals surface area contributed by atoms with Crippen molar-refractivity contribution in [2.75, 3.05) is 13.1 Å². The van der Waals surface area contributed by atoms with Crippen molar-refractivity contribution in [3.8, 4) is 0 Å². The molecule has 7 nitrogen and oxygen atoms in total. The van der Waals surface area contributed by atoms with E-state index >= 15 is 0 Å². The maximum atomic E-state index is 13.0. The normalized spacial score (nSPS) is 14.8. The molecule has 33 heavy (non-hydrogen) atoms. The lowest BCUT2D eigenvalue weighted by Gasteiger charge is -2.31. The molecule has 3 heterocycles. The molecule has 0 atom stereocenters. The Morgan fingerprint density at radius 1 is 1.00 bits per heavy atom. The van der Waals surface area contributed by atoms with Gasteiger partial charge in [0, 0.05) is 37.3 Å². The molecule has 0 saturated carbocycles. The van der Waals surface area contributed by atoms with Crippen molar-refractivity contribution in [3.05, 3.63) is 88.7 Å².